The van der Waals surface area contributed by atoms with Crippen molar-refractivity contribution in [2.24, 2.45) is 5.92 Å². The first-order valence-electron chi connectivity index (χ1n) is 7.46. The van der Waals surface area contributed by atoms with Gasteiger partial charge in [-0.05, 0) is 24.1 Å². The van der Waals surface area contributed by atoms with Gasteiger partial charge in [0, 0.05) is 38.3 Å². The molecule has 1 aliphatic rings. The van der Waals surface area contributed by atoms with Gasteiger partial charge in [0.1, 0.15) is 5.75 Å². The maximum atomic E-state index is 12.5. The van der Waals surface area contributed by atoms with Crippen molar-refractivity contribution < 1.29 is 9.53 Å². The molecule has 1 aromatic carbocycles. The van der Waals surface area contributed by atoms with Crippen LogP contribution >= 0.6 is 0 Å². The summed E-state index contributed by atoms with van der Waals surface area (Å²) >= 11 is 0. The van der Waals surface area contributed by atoms with E-state index in [4.69, 9.17) is 10.5 Å². The van der Waals surface area contributed by atoms with Crippen LogP contribution in [0.1, 0.15) is 24.2 Å². The van der Waals surface area contributed by atoms with Crippen molar-refractivity contribution in [1.82, 2.24) is 9.80 Å². The summed E-state index contributed by atoms with van der Waals surface area (Å²) in [5.74, 6) is 1.27. The summed E-state index contributed by atoms with van der Waals surface area (Å²) in [4.78, 5) is 16.8. The maximum absolute atomic E-state index is 12.5. The first-order chi connectivity index (χ1) is 10.0. The van der Waals surface area contributed by atoms with E-state index in [1.807, 2.05) is 4.90 Å². The molecule has 1 saturated heterocycles. The van der Waals surface area contributed by atoms with Gasteiger partial charge in [0.15, 0.2) is 0 Å². The Balaban J connectivity index is 1.99. The first-order valence-corrected chi connectivity index (χ1v) is 7.46. The third-order valence-corrected chi connectivity index (χ3v) is 3.76. The van der Waals surface area contributed by atoms with Gasteiger partial charge in [-0.2, -0.15) is 0 Å². The van der Waals surface area contributed by atoms with E-state index in [0.717, 1.165) is 32.7 Å². The molecule has 0 unspecified atom stereocenters. The zero-order valence-corrected chi connectivity index (χ0v) is 13.1. The van der Waals surface area contributed by atoms with E-state index < -0.39 is 0 Å². The van der Waals surface area contributed by atoms with E-state index in [0.29, 0.717) is 22.9 Å². The molecule has 2 rings (SSSR count). The van der Waals surface area contributed by atoms with Crippen LogP contribution in [-0.4, -0.2) is 55.5 Å². The highest BCUT2D eigenvalue weighted by molar-refractivity contribution is 5.95. The van der Waals surface area contributed by atoms with Crippen LogP contribution in [0, 0.1) is 5.92 Å². The predicted octanol–water partition coefficient (Wildman–Crippen LogP) is 1.69. The molecule has 1 aliphatic heterocycles. The van der Waals surface area contributed by atoms with Gasteiger partial charge in [-0.25, -0.2) is 0 Å². The number of ether oxygens (including phenoxy) is 1. The second-order valence-electron chi connectivity index (χ2n) is 5.94. The lowest BCUT2D eigenvalue weighted by Gasteiger charge is -2.35. The van der Waals surface area contributed by atoms with Gasteiger partial charge in [0.2, 0.25) is 0 Å². The third-order valence-electron chi connectivity index (χ3n) is 3.76. The Morgan fingerprint density at radius 2 is 1.95 bits per heavy atom. The monoisotopic (exact) mass is 291 g/mol. The van der Waals surface area contributed by atoms with Crippen LogP contribution in [0.5, 0.6) is 5.75 Å². The second kappa shape index (κ2) is 6.80. The highest BCUT2D eigenvalue weighted by Crippen LogP contribution is 2.23. The lowest BCUT2D eigenvalue weighted by atomic mass is 10.1. The fourth-order valence-corrected chi connectivity index (χ4v) is 2.68. The fraction of sp³-hybridized carbons (Fsp3) is 0.562. The molecule has 1 aromatic rings. The van der Waals surface area contributed by atoms with Crippen molar-refractivity contribution in [3.05, 3.63) is 23.8 Å². The van der Waals surface area contributed by atoms with Crippen molar-refractivity contribution in [3.63, 3.8) is 0 Å². The Morgan fingerprint density at radius 1 is 1.29 bits per heavy atom. The Morgan fingerprint density at radius 3 is 2.52 bits per heavy atom. The molecular weight excluding hydrogens is 266 g/mol. The summed E-state index contributed by atoms with van der Waals surface area (Å²) in [6.07, 6.45) is 0. The molecule has 0 radical (unpaired) electrons. The molecule has 0 saturated carbocycles. The van der Waals surface area contributed by atoms with Gasteiger partial charge in [-0.3, -0.25) is 9.69 Å². The Bertz CT molecular complexity index is 494. The number of amides is 1. The Labute approximate surface area is 126 Å². The normalized spacial score (nSPS) is 16.3. The number of benzene rings is 1. The molecule has 116 valence electrons. The number of nitrogen functional groups attached to an aromatic ring is 1. The van der Waals surface area contributed by atoms with Gasteiger partial charge in [-0.15, -0.1) is 0 Å². The SMILES string of the molecule is COc1cc(C(=O)N2CCN(CC(C)C)CC2)ccc1N. The van der Waals surface area contributed by atoms with E-state index in [1.54, 1.807) is 25.3 Å². The molecule has 1 fully saturated rings. The van der Waals surface area contributed by atoms with Crippen molar-refractivity contribution >= 4 is 11.6 Å². The van der Waals surface area contributed by atoms with Gasteiger partial charge < -0.3 is 15.4 Å². The van der Waals surface area contributed by atoms with Crippen LogP contribution in [0.4, 0.5) is 5.69 Å². The molecule has 5 nitrogen and oxygen atoms in total. The molecule has 0 aliphatic carbocycles. The van der Waals surface area contributed by atoms with Crippen LogP contribution < -0.4 is 10.5 Å². The molecule has 0 bridgehead atoms. The summed E-state index contributed by atoms with van der Waals surface area (Å²) < 4.78 is 5.18. The summed E-state index contributed by atoms with van der Waals surface area (Å²) in [7, 11) is 1.56. The van der Waals surface area contributed by atoms with Crippen LogP contribution in [0.15, 0.2) is 18.2 Å². The summed E-state index contributed by atoms with van der Waals surface area (Å²) in [6, 6.07) is 5.21. The van der Waals surface area contributed by atoms with E-state index in [2.05, 4.69) is 18.7 Å². The molecule has 21 heavy (non-hydrogen) atoms. The van der Waals surface area contributed by atoms with Crippen molar-refractivity contribution in [1.29, 1.82) is 0 Å². The standard InChI is InChI=1S/C16H25N3O2/c1-12(2)11-18-6-8-19(9-7-18)16(20)13-4-5-14(17)15(10-13)21-3/h4-5,10,12H,6-9,11,17H2,1-3H3. The lowest BCUT2D eigenvalue weighted by Crippen LogP contribution is -2.49. The van der Waals surface area contributed by atoms with E-state index in [-0.39, 0.29) is 5.91 Å². The topological polar surface area (TPSA) is 58.8 Å². The minimum absolute atomic E-state index is 0.0532. The zero-order chi connectivity index (χ0) is 15.4. The number of carbonyl (C=O) groups excluding carboxylic acids is 1. The van der Waals surface area contributed by atoms with Crippen molar-refractivity contribution in [2.75, 3.05) is 45.6 Å². The van der Waals surface area contributed by atoms with Crippen molar-refractivity contribution in [2.45, 2.75) is 13.8 Å². The van der Waals surface area contributed by atoms with Crippen LogP contribution in [0.25, 0.3) is 0 Å². The number of anilines is 1. The molecular formula is C16H25N3O2. The van der Waals surface area contributed by atoms with Gasteiger partial charge >= 0.3 is 0 Å². The Kier molecular flexibility index (Phi) is 5.07. The van der Waals surface area contributed by atoms with Gasteiger partial charge in [-0.1, -0.05) is 13.8 Å². The summed E-state index contributed by atoms with van der Waals surface area (Å²) in [5, 5.41) is 0. The first kappa shape index (κ1) is 15.6. The number of rotatable bonds is 4. The number of methoxy groups -OCH3 is 1. The average Bonchev–Trinajstić information content (AvgIpc) is 2.47. The van der Waals surface area contributed by atoms with E-state index in [1.165, 1.54) is 0 Å². The molecule has 5 heteroatoms. The minimum atomic E-state index is 0.0532. The quantitative estimate of drug-likeness (QED) is 0.858. The summed E-state index contributed by atoms with van der Waals surface area (Å²) in [5.41, 5.74) is 6.98. The lowest BCUT2D eigenvalue weighted by molar-refractivity contribution is 0.0623. The number of carbonyl (C=O) groups is 1. The number of nitrogens with zero attached hydrogens (tertiary/aromatic N) is 2. The largest absolute Gasteiger partial charge is 0.495 e. The summed E-state index contributed by atoms with van der Waals surface area (Å²) in [6.45, 7) is 8.97. The molecule has 1 heterocycles. The van der Waals surface area contributed by atoms with Gasteiger partial charge in [0.05, 0.1) is 12.8 Å². The van der Waals surface area contributed by atoms with Crippen LogP contribution in [-0.2, 0) is 0 Å². The number of piperazine rings is 1. The third kappa shape index (κ3) is 3.88. The molecule has 0 atom stereocenters. The van der Waals surface area contributed by atoms with E-state index >= 15 is 0 Å². The van der Waals surface area contributed by atoms with E-state index in [9.17, 15) is 4.79 Å². The van der Waals surface area contributed by atoms with Gasteiger partial charge in [0.25, 0.3) is 5.91 Å². The number of hydrogen-bond donors (Lipinski definition) is 1. The highest BCUT2D eigenvalue weighted by Gasteiger charge is 2.22. The highest BCUT2D eigenvalue weighted by atomic mass is 16.5. The molecule has 0 spiro atoms. The maximum Gasteiger partial charge on any atom is 0.254 e. The van der Waals surface area contributed by atoms with Crippen LogP contribution in [0.2, 0.25) is 0 Å². The Hall–Kier alpha value is -1.75. The number of nitrogens with two attached hydrogens (primary N) is 1. The predicted molar refractivity (Wildman–Crippen MR) is 84.6 cm³/mol. The second-order valence-corrected chi connectivity index (χ2v) is 5.94. The van der Waals surface area contributed by atoms with Crippen molar-refractivity contribution in [3.8, 4) is 5.75 Å². The molecule has 2 N–H and O–H groups in total. The smallest absolute Gasteiger partial charge is 0.254 e. The van der Waals surface area contributed by atoms with Crippen LogP contribution in [0.3, 0.4) is 0 Å². The number of hydrogen-bond acceptors (Lipinski definition) is 4. The average molecular weight is 291 g/mol. The zero-order valence-electron chi connectivity index (χ0n) is 13.1. The molecule has 0 aromatic heterocycles. The molecule has 1 amide bonds. The fourth-order valence-electron chi connectivity index (χ4n) is 2.68. The minimum Gasteiger partial charge on any atom is -0.495 e.